The van der Waals surface area contributed by atoms with E-state index in [2.05, 4.69) is 232 Å². The molecule has 0 aliphatic heterocycles. The minimum absolute atomic E-state index is 0.659. The molecule has 13 aromatic rings. The Hall–Kier alpha value is -8.48. The summed E-state index contributed by atoms with van der Waals surface area (Å²) < 4.78 is 9.01. The van der Waals surface area contributed by atoms with Crippen molar-refractivity contribution in [2.75, 3.05) is 0 Å². The molecule has 13 rings (SSSR count). The van der Waals surface area contributed by atoms with Gasteiger partial charge in [-0.2, -0.15) is 0 Å². The summed E-state index contributed by atoms with van der Waals surface area (Å²) in [5.41, 5.74) is 13.2. The molecule has 0 radical (unpaired) electrons. The first-order valence-corrected chi connectivity index (χ1v) is 21.0. The van der Waals surface area contributed by atoms with Gasteiger partial charge in [-0.1, -0.05) is 109 Å². The minimum Gasteiger partial charge on any atom is -0.309 e. The second kappa shape index (κ2) is 13.5. The van der Waals surface area contributed by atoms with E-state index in [-0.39, 0.29) is 0 Å². The number of benzene rings is 9. The van der Waals surface area contributed by atoms with Gasteiger partial charge in [-0.15, -0.1) is 5.10 Å². The van der Waals surface area contributed by atoms with Crippen molar-refractivity contribution in [3.8, 4) is 45.5 Å². The summed E-state index contributed by atoms with van der Waals surface area (Å²) in [6.45, 7) is 0. The van der Waals surface area contributed by atoms with Crippen LogP contribution in [0.25, 0.3) is 111 Å². The fourth-order valence-corrected chi connectivity index (χ4v) is 9.67. The van der Waals surface area contributed by atoms with E-state index >= 15 is 0 Å². The van der Waals surface area contributed by atoms with E-state index in [1.807, 2.05) is 4.68 Å². The van der Waals surface area contributed by atoms with Crippen LogP contribution >= 0.6 is 0 Å². The van der Waals surface area contributed by atoms with E-state index in [0.29, 0.717) is 5.82 Å². The molecule has 0 aliphatic carbocycles. The van der Waals surface area contributed by atoms with Gasteiger partial charge in [0.2, 0.25) is 0 Å². The number of rotatable bonds is 6. The topological polar surface area (TPSA) is 45.5 Å². The maximum absolute atomic E-state index is 5.30. The molecule has 0 bridgehead atoms. The number of hydrogen-bond acceptors (Lipinski definition) is 2. The number of aromatic nitrogens is 6. The van der Waals surface area contributed by atoms with Crippen molar-refractivity contribution < 1.29 is 0 Å². The second-order valence-electron chi connectivity index (χ2n) is 15.9. The fourth-order valence-electron chi connectivity index (χ4n) is 9.67. The minimum atomic E-state index is 0.659. The van der Waals surface area contributed by atoms with Gasteiger partial charge in [-0.3, -0.25) is 0 Å². The van der Waals surface area contributed by atoms with Crippen molar-refractivity contribution in [3.05, 3.63) is 218 Å². The second-order valence-corrected chi connectivity index (χ2v) is 15.9. The summed E-state index contributed by atoms with van der Waals surface area (Å²) >= 11 is 0. The third-order valence-electron chi connectivity index (χ3n) is 12.5. The molecule has 0 amide bonds. The molecule has 0 aliphatic rings. The molecular weight excluding hydrogens is 757 g/mol. The van der Waals surface area contributed by atoms with Gasteiger partial charge in [-0.05, 0) is 109 Å². The largest absolute Gasteiger partial charge is 0.309 e. The lowest BCUT2D eigenvalue weighted by molar-refractivity contribution is 0.889. The van der Waals surface area contributed by atoms with Gasteiger partial charge in [0.05, 0.1) is 38.8 Å². The predicted octanol–water partition coefficient (Wildman–Crippen LogP) is 13.9. The quantitative estimate of drug-likeness (QED) is 0.168. The lowest BCUT2D eigenvalue weighted by Crippen LogP contribution is -2.01. The first kappa shape index (κ1) is 34.4. The van der Waals surface area contributed by atoms with Crippen LogP contribution in [0, 0.1) is 0 Å². The standard InChI is InChI=1S/C56H36N6/c1-7-19-49-43(13-1)44-14-2-8-20-50(44)59(49)39-29-25-37(26-30-39)55-57-56(38-27-31-40(32-28-38)60-51-21-9-3-15-45(51)46-16-4-10-22-52(46)60)62(58-55)42-35-33-41(34-36-42)61-53-23-11-5-17-47(53)48-18-6-12-24-54(48)61/h1-36H. The maximum atomic E-state index is 5.30. The third kappa shape index (κ3) is 5.17. The number of fused-ring (bicyclic) bond motifs is 9. The van der Waals surface area contributed by atoms with Crippen LogP contribution < -0.4 is 0 Å². The number of nitrogens with zero attached hydrogens (tertiary/aromatic N) is 6. The van der Waals surface area contributed by atoms with Crippen molar-refractivity contribution in [3.63, 3.8) is 0 Å². The van der Waals surface area contributed by atoms with E-state index in [9.17, 15) is 0 Å². The smallest absolute Gasteiger partial charge is 0.182 e. The van der Waals surface area contributed by atoms with Crippen LogP contribution in [0.4, 0.5) is 0 Å². The highest BCUT2D eigenvalue weighted by atomic mass is 15.4. The van der Waals surface area contributed by atoms with Crippen LogP contribution in [0.1, 0.15) is 0 Å². The van der Waals surface area contributed by atoms with Crippen LogP contribution in [-0.4, -0.2) is 28.5 Å². The first-order chi connectivity index (χ1) is 30.8. The summed E-state index contributed by atoms with van der Waals surface area (Å²) in [7, 11) is 0. The van der Waals surface area contributed by atoms with E-state index in [1.54, 1.807) is 0 Å². The van der Waals surface area contributed by atoms with Gasteiger partial charge in [-0.25, -0.2) is 9.67 Å². The summed E-state index contributed by atoms with van der Waals surface area (Å²) in [6.07, 6.45) is 0. The number of hydrogen-bond donors (Lipinski definition) is 0. The van der Waals surface area contributed by atoms with E-state index < -0.39 is 0 Å². The van der Waals surface area contributed by atoms with E-state index in [0.717, 1.165) is 39.7 Å². The van der Waals surface area contributed by atoms with Gasteiger partial charge in [0.25, 0.3) is 0 Å². The zero-order chi connectivity index (χ0) is 40.7. The van der Waals surface area contributed by atoms with Crippen molar-refractivity contribution in [1.82, 2.24) is 28.5 Å². The molecule has 0 atom stereocenters. The maximum Gasteiger partial charge on any atom is 0.182 e. The summed E-state index contributed by atoms with van der Waals surface area (Å²) in [5, 5.41) is 12.7. The van der Waals surface area contributed by atoms with Gasteiger partial charge in [0.15, 0.2) is 11.6 Å². The summed E-state index contributed by atoms with van der Waals surface area (Å²) in [6, 6.07) is 77.7. The molecule has 0 spiro atoms. The molecule has 6 nitrogen and oxygen atoms in total. The Morgan fingerprint density at radius 1 is 0.258 bits per heavy atom. The summed E-state index contributed by atoms with van der Waals surface area (Å²) in [4.78, 5) is 5.30. The molecule has 0 unspecified atom stereocenters. The Morgan fingerprint density at radius 3 is 0.871 bits per heavy atom. The fraction of sp³-hybridized carbons (Fsp3) is 0. The molecule has 0 N–H and O–H groups in total. The summed E-state index contributed by atoms with van der Waals surface area (Å²) in [5.74, 6) is 1.43. The van der Waals surface area contributed by atoms with Crippen molar-refractivity contribution in [2.45, 2.75) is 0 Å². The molecule has 4 aromatic heterocycles. The molecule has 0 saturated carbocycles. The third-order valence-corrected chi connectivity index (χ3v) is 12.5. The molecule has 0 fully saturated rings. The molecule has 4 heterocycles. The van der Waals surface area contributed by atoms with Gasteiger partial charge in [0.1, 0.15) is 0 Å². The highest BCUT2D eigenvalue weighted by Gasteiger charge is 2.19. The van der Waals surface area contributed by atoms with E-state index in [1.165, 1.54) is 65.4 Å². The van der Waals surface area contributed by atoms with Gasteiger partial charge < -0.3 is 13.7 Å². The van der Waals surface area contributed by atoms with Crippen molar-refractivity contribution in [2.24, 2.45) is 0 Å². The number of para-hydroxylation sites is 6. The van der Waals surface area contributed by atoms with Crippen LogP contribution in [0.15, 0.2) is 218 Å². The highest BCUT2D eigenvalue weighted by Crippen LogP contribution is 2.36. The van der Waals surface area contributed by atoms with Crippen LogP contribution in [0.5, 0.6) is 0 Å². The molecular formula is C56H36N6. The molecule has 0 saturated heterocycles. The lowest BCUT2D eigenvalue weighted by Gasteiger charge is -2.11. The molecule has 9 aromatic carbocycles. The first-order valence-electron chi connectivity index (χ1n) is 21.0. The Balaban J connectivity index is 0.936. The normalized spacial score (nSPS) is 11.9. The molecule has 62 heavy (non-hydrogen) atoms. The van der Waals surface area contributed by atoms with Crippen molar-refractivity contribution in [1.29, 1.82) is 0 Å². The van der Waals surface area contributed by atoms with Gasteiger partial charge >= 0.3 is 0 Å². The van der Waals surface area contributed by atoms with E-state index in [4.69, 9.17) is 10.1 Å². The predicted molar refractivity (Wildman–Crippen MR) is 255 cm³/mol. The van der Waals surface area contributed by atoms with Crippen LogP contribution in [0.3, 0.4) is 0 Å². The highest BCUT2D eigenvalue weighted by molar-refractivity contribution is 6.11. The lowest BCUT2D eigenvalue weighted by atomic mass is 10.1. The Morgan fingerprint density at radius 2 is 0.532 bits per heavy atom. The molecule has 6 heteroatoms. The average Bonchev–Trinajstić information content (AvgIpc) is 4.11. The van der Waals surface area contributed by atoms with Crippen LogP contribution in [0.2, 0.25) is 0 Å². The van der Waals surface area contributed by atoms with Gasteiger partial charge in [0, 0.05) is 60.5 Å². The zero-order valence-electron chi connectivity index (χ0n) is 33.5. The monoisotopic (exact) mass is 792 g/mol. The average molecular weight is 793 g/mol. The van der Waals surface area contributed by atoms with Crippen LogP contribution in [-0.2, 0) is 0 Å². The zero-order valence-corrected chi connectivity index (χ0v) is 33.5. The SMILES string of the molecule is c1ccc2c(c1)c1ccccc1n2-c1ccc(-c2nc(-c3ccc(-n4c5ccccc5c5ccccc54)cc3)n(-c3ccc(-n4c5ccccc5c5ccccc54)cc3)n2)cc1. The molecule has 290 valence electrons. The Kier molecular flexibility index (Phi) is 7.50. The van der Waals surface area contributed by atoms with Crippen molar-refractivity contribution >= 4 is 65.4 Å². The Labute approximate surface area is 356 Å². The Bertz CT molecular complexity index is 3510.